The molecule has 0 radical (unpaired) electrons. The van der Waals surface area contributed by atoms with Crippen LogP contribution in [0.3, 0.4) is 0 Å². The summed E-state index contributed by atoms with van der Waals surface area (Å²) in [4.78, 5) is 15.2. The van der Waals surface area contributed by atoms with Gasteiger partial charge in [0, 0.05) is 23.6 Å². The van der Waals surface area contributed by atoms with Crippen molar-refractivity contribution < 1.29 is 23.0 Å². The number of aromatic nitrogens is 1. The molecule has 0 saturated carbocycles. The number of halogens is 2. The highest BCUT2D eigenvalue weighted by molar-refractivity contribution is 8.32. The van der Waals surface area contributed by atoms with E-state index in [0.29, 0.717) is 6.61 Å². The number of alkyl halides is 2. The molecule has 4 nitrogen and oxygen atoms in total. The minimum absolute atomic E-state index is 0.0941. The van der Waals surface area contributed by atoms with Gasteiger partial charge in [-0.05, 0) is 18.8 Å². The molecule has 0 aliphatic rings. The van der Waals surface area contributed by atoms with Gasteiger partial charge in [-0.1, -0.05) is 0 Å². The van der Waals surface area contributed by atoms with E-state index in [9.17, 15) is 13.6 Å². The van der Waals surface area contributed by atoms with Crippen molar-refractivity contribution in [1.82, 2.24) is 4.98 Å². The van der Waals surface area contributed by atoms with Gasteiger partial charge in [-0.25, -0.2) is 28.6 Å². The molecule has 0 saturated heterocycles. The Bertz CT molecular complexity index is 475. The SMILES string of the molecule is COC(=O)c1cnc(OCCS(C)(C)C)cc1C(F)F. The van der Waals surface area contributed by atoms with Crippen molar-refractivity contribution in [2.45, 2.75) is 6.43 Å². The number of ether oxygens (including phenoxy) is 2. The molecule has 1 aromatic rings. The van der Waals surface area contributed by atoms with E-state index in [1.165, 1.54) is 0 Å². The third kappa shape index (κ3) is 4.96. The standard InChI is InChI=1S/C13H19F2NO3S/c1-18-13(17)10-8-16-11(7-9(10)12(14)15)19-5-6-20(2,3)4/h7-8,12H,5-6H2,1-4H3. The Morgan fingerprint density at radius 2 is 2.05 bits per heavy atom. The van der Waals surface area contributed by atoms with Crippen molar-refractivity contribution >= 4 is 16.0 Å². The quantitative estimate of drug-likeness (QED) is 0.758. The summed E-state index contributed by atoms with van der Waals surface area (Å²) in [5.41, 5.74) is -0.666. The summed E-state index contributed by atoms with van der Waals surface area (Å²) in [6.07, 6.45) is 4.67. The number of pyridine rings is 1. The fourth-order valence-electron chi connectivity index (χ4n) is 1.39. The van der Waals surface area contributed by atoms with Crippen LogP contribution in [0.2, 0.25) is 0 Å². The second kappa shape index (κ2) is 6.88. The molecule has 0 amide bonds. The van der Waals surface area contributed by atoms with Crippen molar-refractivity contribution in [2.75, 3.05) is 38.2 Å². The summed E-state index contributed by atoms with van der Waals surface area (Å²) < 4.78 is 35.7. The smallest absolute Gasteiger partial charge is 0.339 e. The van der Waals surface area contributed by atoms with E-state index in [4.69, 9.17) is 4.74 Å². The highest BCUT2D eigenvalue weighted by atomic mass is 32.3. The van der Waals surface area contributed by atoms with E-state index < -0.39 is 28.0 Å². The number of carbonyl (C=O) groups excluding carboxylic acids is 1. The van der Waals surface area contributed by atoms with Crippen molar-refractivity contribution in [1.29, 1.82) is 0 Å². The Balaban J connectivity index is 2.85. The number of hydrogen-bond acceptors (Lipinski definition) is 4. The molecule has 0 aromatic carbocycles. The van der Waals surface area contributed by atoms with Crippen molar-refractivity contribution in [3.8, 4) is 5.88 Å². The van der Waals surface area contributed by atoms with Gasteiger partial charge in [0.2, 0.25) is 5.88 Å². The van der Waals surface area contributed by atoms with Crippen LogP contribution in [0, 0.1) is 0 Å². The Morgan fingerprint density at radius 1 is 1.40 bits per heavy atom. The van der Waals surface area contributed by atoms with Crippen LogP contribution in [-0.4, -0.2) is 49.2 Å². The van der Waals surface area contributed by atoms with E-state index in [-0.39, 0.29) is 11.4 Å². The van der Waals surface area contributed by atoms with E-state index in [2.05, 4.69) is 28.5 Å². The van der Waals surface area contributed by atoms with Gasteiger partial charge in [0.05, 0.1) is 19.3 Å². The van der Waals surface area contributed by atoms with Crippen LogP contribution in [0.1, 0.15) is 22.3 Å². The highest BCUT2D eigenvalue weighted by Crippen LogP contribution is 2.34. The Morgan fingerprint density at radius 3 is 2.55 bits per heavy atom. The second-order valence-corrected chi connectivity index (χ2v) is 9.64. The molecule has 0 aliphatic heterocycles. The van der Waals surface area contributed by atoms with E-state index in [1.807, 2.05) is 0 Å². The molecule has 114 valence electrons. The zero-order chi connectivity index (χ0) is 15.3. The first-order valence-corrected chi connectivity index (χ1v) is 8.92. The molecule has 0 spiro atoms. The van der Waals surface area contributed by atoms with Crippen molar-refractivity contribution in [3.05, 3.63) is 23.4 Å². The predicted octanol–water partition coefficient (Wildman–Crippen LogP) is 2.88. The third-order valence-corrected chi connectivity index (χ3v) is 3.89. The molecule has 1 rings (SSSR count). The molecule has 20 heavy (non-hydrogen) atoms. The summed E-state index contributed by atoms with van der Waals surface area (Å²) in [6.45, 7) is 0.409. The van der Waals surface area contributed by atoms with Crippen molar-refractivity contribution in [3.63, 3.8) is 0 Å². The topological polar surface area (TPSA) is 48.4 Å². The maximum absolute atomic E-state index is 12.9. The fourth-order valence-corrected chi connectivity index (χ4v) is 1.97. The second-order valence-electron chi connectivity index (χ2n) is 5.05. The van der Waals surface area contributed by atoms with E-state index in [0.717, 1.165) is 25.1 Å². The van der Waals surface area contributed by atoms with Crippen LogP contribution in [0.4, 0.5) is 8.78 Å². The van der Waals surface area contributed by atoms with Crippen LogP contribution in [0.5, 0.6) is 5.88 Å². The molecule has 0 bridgehead atoms. The molecule has 1 heterocycles. The van der Waals surface area contributed by atoms with Gasteiger partial charge in [-0.2, -0.15) is 0 Å². The molecule has 1 aromatic heterocycles. The summed E-state index contributed by atoms with van der Waals surface area (Å²) >= 11 is 0. The average Bonchev–Trinajstić information content (AvgIpc) is 2.36. The Labute approximate surface area is 118 Å². The summed E-state index contributed by atoms with van der Waals surface area (Å²) in [7, 11) is 0.412. The number of esters is 1. The molecule has 0 aliphatic carbocycles. The summed E-state index contributed by atoms with van der Waals surface area (Å²) in [5.74, 6) is 0.104. The first kappa shape index (κ1) is 16.7. The lowest BCUT2D eigenvalue weighted by Crippen LogP contribution is -2.11. The van der Waals surface area contributed by atoms with Gasteiger partial charge in [0.25, 0.3) is 6.43 Å². The number of carbonyl (C=O) groups is 1. The van der Waals surface area contributed by atoms with Gasteiger partial charge >= 0.3 is 5.97 Å². The maximum atomic E-state index is 12.9. The van der Waals surface area contributed by atoms with Gasteiger partial charge < -0.3 is 9.47 Å². The van der Waals surface area contributed by atoms with Crippen molar-refractivity contribution in [2.24, 2.45) is 0 Å². The molecule has 0 atom stereocenters. The summed E-state index contributed by atoms with van der Waals surface area (Å²) in [6, 6.07) is 1.09. The van der Waals surface area contributed by atoms with E-state index in [1.54, 1.807) is 0 Å². The predicted molar refractivity (Wildman–Crippen MR) is 76.3 cm³/mol. The number of nitrogens with zero attached hydrogens (tertiary/aromatic N) is 1. The van der Waals surface area contributed by atoms with Gasteiger partial charge in [-0.3, -0.25) is 0 Å². The molecular formula is C13H19F2NO3S. The minimum Gasteiger partial charge on any atom is -0.477 e. The molecule has 0 unspecified atom stereocenters. The molecule has 0 N–H and O–H groups in total. The molecular weight excluding hydrogens is 288 g/mol. The lowest BCUT2D eigenvalue weighted by Gasteiger charge is -2.24. The molecule has 7 heteroatoms. The third-order valence-electron chi connectivity index (χ3n) is 2.50. The Kier molecular flexibility index (Phi) is 5.74. The zero-order valence-electron chi connectivity index (χ0n) is 12.0. The monoisotopic (exact) mass is 307 g/mol. The minimum atomic E-state index is -2.79. The lowest BCUT2D eigenvalue weighted by molar-refractivity contribution is 0.0588. The van der Waals surface area contributed by atoms with Crippen LogP contribution in [-0.2, 0) is 4.74 Å². The van der Waals surface area contributed by atoms with E-state index >= 15 is 0 Å². The van der Waals surface area contributed by atoms with Crippen LogP contribution in [0.15, 0.2) is 12.3 Å². The molecule has 0 fully saturated rings. The van der Waals surface area contributed by atoms with Gasteiger partial charge in [0.15, 0.2) is 0 Å². The first-order valence-electron chi connectivity index (χ1n) is 5.90. The first-order chi connectivity index (χ1) is 9.24. The number of methoxy groups -OCH3 is 1. The van der Waals surface area contributed by atoms with Crippen LogP contribution < -0.4 is 4.74 Å². The fraction of sp³-hybridized carbons (Fsp3) is 0.538. The normalized spacial score (nSPS) is 12.3. The van der Waals surface area contributed by atoms with Gasteiger partial charge in [-0.15, -0.1) is 0 Å². The van der Waals surface area contributed by atoms with Crippen LogP contribution >= 0.6 is 10.0 Å². The van der Waals surface area contributed by atoms with Gasteiger partial charge in [0.1, 0.15) is 0 Å². The lowest BCUT2D eigenvalue weighted by atomic mass is 10.1. The maximum Gasteiger partial charge on any atom is 0.339 e. The highest BCUT2D eigenvalue weighted by Gasteiger charge is 2.20. The zero-order valence-corrected chi connectivity index (χ0v) is 12.8. The largest absolute Gasteiger partial charge is 0.477 e. The van der Waals surface area contributed by atoms with Crippen LogP contribution in [0.25, 0.3) is 0 Å². The summed E-state index contributed by atoms with van der Waals surface area (Å²) in [5, 5.41) is 0. The number of rotatable bonds is 6. The number of hydrogen-bond donors (Lipinski definition) is 0. The average molecular weight is 307 g/mol. The Hall–Kier alpha value is -1.37.